The zero-order chi connectivity index (χ0) is 12.4. The van der Waals surface area contributed by atoms with Gasteiger partial charge in [-0.1, -0.05) is 0 Å². The molecule has 5 heteroatoms. The summed E-state index contributed by atoms with van der Waals surface area (Å²) < 4.78 is 0. The van der Waals surface area contributed by atoms with Gasteiger partial charge in [0.25, 0.3) is 0 Å². The molecule has 1 aliphatic rings. The molecule has 17 heavy (non-hydrogen) atoms. The van der Waals surface area contributed by atoms with E-state index >= 15 is 0 Å². The molecule has 5 nitrogen and oxygen atoms in total. The molecule has 94 valence electrons. The van der Waals surface area contributed by atoms with Crippen molar-refractivity contribution < 1.29 is 0 Å². The van der Waals surface area contributed by atoms with E-state index in [4.69, 9.17) is 0 Å². The second-order valence-electron chi connectivity index (χ2n) is 4.74. The summed E-state index contributed by atoms with van der Waals surface area (Å²) in [6, 6.07) is 0.498. The monoisotopic (exact) mass is 235 g/mol. The number of hydrogen-bond acceptors (Lipinski definition) is 5. The van der Waals surface area contributed by atoms with Crippen LogP contribution in [0.3, 0.4) is 0 Å². The fraction of sp³-hybridized carbons (Fsp3) is 0.667. The highest BCUT2D eigenvalue weighted by atomic mass is 15.2. The van der Waals surface area contributed by atoms with Gasteiger partial charge in [-0.15, -0.1) is 0 Å². The van der Waals surface area contributed by atoms with E-state index < -0.39 is 0 Å². The minimum Gasteiger partial charge on any atom is -0.373 e. The molecule has 2 heterocycles. The lowest BCUT2D eigenvalue weighted by Crippen LogP contribution is -2.25. The predicted molar refractivity (Wildman–Crippen MR) is 70.6 cm³/mol. The molecular formula is C12H21N5. The molecule has 2 N–H and O–H groups in total. The molecule has 0 aliphatic carbocycles. The lowest BCUT2D eigenvalue weighted by molar-refractivity contribution is 0.414. The number of hydrogen-bond donors (Lipinski definition) is 2. The van der Waals surface area contributed by atoms with Crippen molar-refractivity contribution in [2.75, 3.05) is 37.8 Å². The summed E-state index contributed by atoms with van der Waals surface area (Å²) >= 11 is 0. The van der Waals surface area contributed by atoms with E-state index in [1.165, 1.54) is 6.42 Å². The normalized spacial score (nSPS) is 20.6. The zero-order valence-corrected chi connectivity index (χ0v) is 11.0. The summed E-state index contributed by atoms with van der Waals surface area (Å²) in [6.45, 7) is 6.20. The highest BCUT2D eigenvalue weighted by Gasteiger charge is 2.20. The van der Waals surface area contributed by atoms with E-state index in [9.17, 15) is 0 Å². The Kier molecular flexibility index (Phi) is 3.47. The standard InChI is InChI=1S/C12H21N5/c1-8-11(13-3)14-9(2)15-12(8)16-10-5-6-17(4)7-10/h10H,5-7H2,1-4H3,(H2,13,14,15,16). The number of likely N-dealkylation sites (N-methyl/N-ethyl adjacent to an activating group) is 1. The Hall–Kier alpha value is -1.36. The molecule has 0 spiro atoms. The van der Waals surface area contributed by atoms with E-state index in [0.29, 0.717) is 6.04 Å². The van der Waals surface area contributed by atoms with Crippen molar-refractivity contribution in [3.05, 3.63) is 11.4 Å². The van der Waals surface area contributed by atoms with Crippen LogP contribution in [-0.4, -0.2) is 48.1 Å². The first-order valence-electron chi connectivity index (χ1n) is 6.08. The Morgan fingerprint density at radius 2 is 1.94 bits per heavy atom. The maximum atomic E-state index is 4.49. The maximum Gasteiger partial charge on any atom is 0.135 e. The molecule has 1 fully saturated rings. The van der Waals surface area contributed by atoms with E-state index in [0.717, 1.165) is 36.1 Å². The van der Waals surface area contributed by atoms with E-state index in [2.05, 4.69) is 32.5 Å². The van der Waals surface area contributed by atoms with Crippen LogP contribution < -0.4 is 10.6 Å². The van der Waals surface area contributed by atoms with Crippen LogP contribution in [0, 0.1) is 13.8 Å². The SMILES string of the molecule is CNc1nc(C)nc(NC2CCN(C)C2)c1C. The molecule has 1 aromatic rings. The largest absolute Gasteiger partial charge is 0.373 e. The Morgan fingerprint density at radius 1 is 1.24 bits per heavy atom. The van der Waals surface area contributed by atoms with Crippen LogP contribution in [0.1, 0.15) is 17.8 Å². The molecule has 1 aromatic heterocycles. The number of nitrogens with one attached hydrogen (secondary N) is 2. The molecule has 0 saturated carbocycles. The molecule has 0 radical (unpaired) electrons. The molecule has 0 bridgehead atoms. The number of nitrogens with zero attached hydrogens (tertiary/aromatic N) is 3. The zero-order valence-electron chi connectivity index (χ0n) is 11.0. The Labute approximate surface area is 103 Å². The van der Waals surface area contributed by atoms with Crippen LogP contribution in [0.5, 0.6) is 0 Å². The van der Waals surface area contributed by atoms with Crippen molar-refractivity contribution in [2.45, 2.75) is 26.3 Å². The average Bonchev–Trinajstić information content (AvgIpc) is 2.69. The fourth-order valence-electron chi connectivity index (χ4n) is 2.26. The van der Waals surface area contributed by atoms with E-state index in [1.54, 1.807) is 0 Å². The van der Waals surface area contributed by atoms with Crippen LogP contribution in [0.2, 0.25) is 0 Å². The highest BCUT2D eigenvalue weighted by molar-refractivity contribution is 5.57. The van der Waals surface area contributed by atoms with Gasteiger partial charge in [0.15, 0.2) is 0 Å². The molecule has 1 saturated heterocycles. The highest BCUT2D eigenvalue weighted by Crippen LogP contribution is 2.21. The van der Waals surface area contributed by atoms with Crippen LogP contribution in [0.15, 0.2) is 0 Å². The van der Waals surface area contributed by atoms with Gasteiger partial charge in [0.05, 0.1) is 0 Å². The number of likely N-dealkylation sites (tertiary alicyclic amines) is 1. The third-order valence-corrected chi connectivity index (χ3v) is 3.23. The second-order valence-corrected chi connectivity index (χ2v) is 4.74. The number of anilines is 2. The molecule has 1 unspecified atom stereocenters. The number of aromatic nitrogens is 2. The lowest BCUT2D eigenvalue weighted by atomic mass is 10.2. The summed E-state index contributed by atoms with van der Waals surface area (Å²) in [4.78, 5) is 11.2. The quantitative estimate of drug-likeness (QED) is 0.826. The minimum absolute atomic E-state index is 0.498. The maximum absolute atomic E-state index is 4.49. The summed E-state index contributed by atoms with van der Waals surface area (Å²) in [5.41, 5.74) is 1.09. The van der Waals surface area contributed by atoms with Crippen molar-refractivity contribution in [1.82, 2.24) is 14.9 Å². The first-order valence-corrected chi connectivity index (χ1v) is 6.08. The molecule has 0 aromatic carbocycles. The molecule has 1 aliphatic heterocycles. The van der Waals surface area contributed by atoms with Gasteiger partial charge in [0.1, 0.15) is 17.5 Å². The van der Waals surface area contributed by atoms with Gasteiger partial charge >= 0.3 is 0 Å². The molecule has 2 rings (SSSR count). The van der Waals surface area contributed by atoms with Crippen LogP contribution >= 0.6 is 0 Å². The first kappa shape index (κ1) is 12.1. The number of rotatable bonds is 3. The smallest absolute Gasteiger partial charge is 0.135 e. The van der Waals surface area contributed by atoms with Gasteiger partial charge in [-0.2, -0.15) is 0 Å². The van der Waals surface area contributed by atoms with Gasteiger partial charge < -0.3 is 15.5 Å². The van der Waals surface area contributed by atoms with E-state index in [1.807, 2.05) is 20.9 Å². The molecule has 1 atom stereocenters. The van der Waals surface area contributed by atoms with Gasteiger partial charge in [-0.3, -0.25) is 0 Å². The van der Waals surface area contributed by atoms with Crippen molar-refractivity contribution in [3.8, 4) is 0 Å². The van der Waals surface area contributed by atoms with Crippen LogP contribution in [0.4, 0.5) is 11.6 Å². The topological polar surface area (TPSA) is 53.1 Å². The van der Waals surface area contributed by atoms with Gasteiger partial charge in [-0.05, 0) is 33.9 Å². The van der Waals surface area contributed by atoms with Crippen molar-refractivity contribution >= 4 is 11.6 Å². The van der Waals surface area contributed by atoms with Crippen molar-refractivity contribution in [3.63, 3.8) is 0 Å². The van der Waals surface area contributed by atoms with Gasteiger partial charge in [-0.25, -0.2) is 9.97 Å². The molecule has 0 amide bonds. The Morgan fingerprint density at radius 3 is 2.53 bits per heavy atom. The second kappa shape index (κ2) is 4.87. The Balaban J connectivity index is 2.17. The summed E-state index contributed by atoms with van der Waals surface area (Å²) in [5, 5.41) is 6.63. The lowest BCUT2D eigenvalue weighted by Gasteiger charge is -2.17. The fourth-order valence-corrected chi connectivity index (χ4v) is 2.26. The van der Waals surface area contributed by atoms with Gasteiger partial charge in [0, 0.05) is 25.2 Å². The van der Waals surface area contributed by atoms with Crippen molar-refractivity contribution in [1.29, 1.82) is 0 Å². The minimum atomic E-state index is 0.498. The number of aryl methyl sites for hydroxylation is 1. The third kappa shape index (κ3) is 2.66. The van der Waals surface area contributed by atoms with Gasteiger partial charge in [0.2, 0.25) is 0 Å². The summed E-state index contributed by atoms with van der Waals surface area (Å²) in [7, 11) is 4.04. The third-order valence-electron chi connectivity index (χ3n) is 3.23. The summed E-state index contributed by atoms with van der Waals surface area (Å²) in [5.74, 6) is 2.67. The van der Waals surface area contributed by atoms with Crippen LogP contribution in [0.25, 0.3) is 0 Å². The average molecular weight is 235 g/mol. The first-order chi connectivity index (χ1) is 8.10. The Bertz CT molecular complexity index is 404. The van der Waals surface area contributed by atoms with E-state index in [-0.39, 0.29) is 0 Å². The predicted octanol–water partition coefficient (Wildman–Crippen LogP) is 1.25. The summed E-state index contributed by atoms with van der Waals surface area (Å²) in [6.07, 6.45) is 1.17. The molecular weight excluding hydrogens is 214 g/mol. The van der Waals surface area contributed by atoms with Crippen molar-refractivity contribution in [2.24, 2.45) is 0 Å². The van der Waals surface area contributed by atoms with Crippen LogP contribution in [-0.2, 0) is 0 Å².